The number of hydrogen-bond acceptors (Lipinski definition) is 3. The van der Waals surface area contributed by atoms with Crippen LogP contribution >= 0.6 is 0 Å². The third kappa shape index (κ3) is 2.84. The summed E-state index contributed by atoms with van der Waals surface area (Å²) in [6.07, 6.45) is 3.62. The van der Waals surface area contributed by atoms with Gasteiger partial charge in [0, 0.05) is 19.8 Å². The van der Waals surface area contributed by atoms with E-state index in [0.29, 0.717) is 12.1 Å². The molecule has 5 heteroatoms. The summed E-state index contributed by atoms with van der Waals surface area (Å²) < 4.78 is 1.72. The number of benzene rings is 1. The minimum absolute atomic E-state index is 0.301. The van der Waals surface area contributed by atoms with E-state index in [2.05, 4.69) is 10.4 Å². The molecule has 0 spiro atoms. The number of carbonyl (C=O) groups is 1. The van der Waals surface area contributed by atoms with Crippen molar-refractivity contribution in [2.45, 2.75) is 6.54 Å². The maximum Gasteiger partial charge on any atom is 0.335 e. The van der Waals surface area contributed by atoms with Gasteiger partial charge in [-0.3, -0.25) is 4.68 Å². The molecule has 1 aromatic heterocycles. The monoisotopic (exact) mass is 231 g/mol. The summed E-state index contributed by atoms with van der Waals surface area (Å²) in [5.74, 6) is -0.906. The Morgan fingerprint density at radius 3 is 2.65 bits per heavy atom. The molecule has 5 nitrogen and oxygen atoms in total. The van der Waals surface area contributed by atoms with Crippen LogP contribution in [0.4, 0.5) is 5.69 Å². The molecule has 0 atom stereocenters. The van der Waals surface area contributed by atoms with Crippen LogP contribution in [0, 0.1) is 0 Å². The van der Waals surface area contributed by atoms with Crippen LogP contribution in [0.2, 0.25) is 0 Å². The Morgan fingerprint density at radius 1 is 1.41 bits per heavy atom. The number of aromatic nitrogens is 2. The molecule has 2 N–H and O–H groups in total. The molecule has 0 aliphatic rings. The van der Waals surface area contributed by atoms with Gasteiger partial charge in [-0.05, 0) is 17.7 Å². The van der Waals surface area contributed by atoms with E-state index in [9.17, 15) is 4.79 Å². The zero-order valence-electron chi connectivity index (χ0n) is 9.42. The van der Waals surface area contributed by atoms with E-state index in [-0.39, 0.29) is 0 Å². The molecule has 0 aliphatic heterocycles. The molecule has 88 valence electrons. The second kappa shape index (κ2) is 4.69. The van der Waals surface area contributed by atoms with E-state index in [1.54, 1.807) is 35.1 Å². The van der Waals surface area contributed by atoms with Crippen LogP contribution in [0.5, 0.6) is 0 Å². The molecular formula is C12H13N3O2. The van der Waals surface area contributed by atoms with Crippen LogP contribution in [0.3, 0.4) is 0 Å². The lowest BCUT2D eigenvalue weighted by Crippen LogP contribution is -2.00. The average Bonchev–Trinajstić information content (AvgIpc) is 2.73. The van der Waals surface area contributed by atoms with E-state index >= 15 is 0 Å². The number of aryl methyl sites for hydroxylation is 1. The third-order valence-corrected chi connectivity index (χ3v) is 2.40. The highest BCUT2D eigenvalue weighted by molar-refractivity contribution is 5.87. The lowest BCUT2D eigenvalue weighted by atomic mass is 10.1. The van der Waals surface area contributed by atoms with E-state index in [1.807, 2.05) is 13.2 Å². The summed E-state index contributed by atoms with van der Waals surface area (Å²) in [5.41, 5.74) is 2.27. The van der Waals surface area contributed by atoms with Crippen molar-refractivity contribution in [2.75, 3.05) is 5.32 Å². The van der Waals surface area contributed by atoms with Crippen LogP contribution < -0.4 is 5.32 Å². The number of anilines is 1. The normalized spacial score (nSPS) is 10.2. The second-order valence-corrected chi connectivity index (χ2v) is 3.76. The molecule has 0 saturated heterocycles. The predicted molar refractivity (Wildman–Crippen MR) is 63.9 cm³/mol. The molecule has 17 heavy (non-hydrogen) atoms. The molecular weight excluding hydrogens is 218 g/mol. The summed E-state index contributed by atoms with van der Waals surface area (Å²) in [6.45, 7) is 0.644. The summed E-state index contributed by atoms with van der Waals surface area (Å²) in [7, 11) is 1.85. The van der Waals surface area contributed by atoms with Gasteiger partial charge in [0.05, 0.1) is 17.4 Å². The molecule has 0 aliphatic carbocycles. The number of carboxylic acid groups (broad SMARTS) is 1. The van der Waals surface area contributed by atoms with Gasteiger partial charge < -0.3 is 10.4 Å². The number of nitrogens with zero attached hydrogens (tertiary/aromatic N) is 2. The smallest absolute Gasteiger partial charge is 0.335 e. The number of hydrogen-bond donors (Lipinski definition) is 2. The van der Waals surface area contributed by atoms with Gasteiger partial charge in [0.15, 0.2) is 0 Å². The van der Waals surface area contributed by atoms with Crippen LogP contribution in [0.25, 0.3) is 0 Å². The van der Waals surface area contributed by atoms with Crippen molar-refractivity contribution >= 4 is 11.7 Å². The van der Waals surface area contributed by atoms with Crippen molar-refractivity contribution in [3.63, 3.8) is 0 Å². The first-order valence-electron chi connectivity index (χ1n) is 5.20. The zero-order chi connectivity index (χ0) is 12.3. The van der Waals surface area contributed by atoms with Crippen molar-refractivity contribution in [2.24, 2.45) is 7.05 Å². The van der Waals surface area contributed by atoms with Gasteiger partial charge in [-0.1, -0.05) is 12.1 Å². The van der Waals surface area contributed by atoms with Crippen molar-refractivity contribution < 1.29 is 9.90 Å². The fourth-order valence-electron chi connectivity index (χ4n) is 1.48. The SMILES string of the molecule is Cn1cc(NCc2ccc(C(=O)O)cc2)cn1. The summed E-state index contributed by atoms with van der Waals surface area (Å²) in [5, 5.41) is 16.0. The lowest BCUT2D eigenvalue weighted by Gasteiger charge is -2.03. The average molecular weight is 231 g/mol. The number of rotatable bonds is 4. The molecule has 0 bridgehead atoms. The van der Waals surface area contributed by atoms with Crippen molar-refractivity contribution in [1.29, 1.82) is 0 Å². The molecule has 0 unspecified atom stereocenters. The standard InChI is InChI=1S/C12H13N3O2/c1-15-8-11(7-14-15)13-6-9-2-4-10(5-3-9)12(16)17/h2-5,7-8,13H,6H2,1H3,(H,16,17). The van der Waals surface area contributed by atoms with Crippen LogP contribution in [0.1, 0.15) is 15.9 Å². The molecule has 0 saturated carbocycles. The third-order valence-electron chi connectivity index (χ3n) is 2.40. The van der Waals surface area contributed by atoms with Gasteiger partial charge >= 0.3 is 5.97 Å². The zero-order valence-corrected chi connectivity index (χ0v) is 9.42. The Balaban J connectivity index is 1.97. The van der Waals surface area contributed by atoms with Gasteiger partial charge in [0.25, 0.3) is 0 Å². The Kier molecular flexibility index (Phi) is 3.09. The van der Waals surface area contributed by atoms with E-state index in [1.165, 1.54) is 0 Å². The first kappa shape index (κ1) is 11.2. The quantitative estimate of drug-likeness (QED) is 0.841. The van der Waals surface area contributed by atoms with E-state index < -0.39 is 5.97 Å². The van der Waals surface area contributed by atoms with E-state index in [0.717, 1.165) is 11.3 Å². The summed E-state index contributed by atoms with van der Waals surface area (Å²) >= 11 is 0. The van der Waals surface area contributed by atoms with Crippen LogP contribution in [-0.4, -0.2) is 20.9 Å². The minimum Gasteiger partial charge on any atom is -0.478 e. The number of aromatic carboxylic acids is 1. The number of nitrogens with one attached hydrogen (secondary N) is 1. The van der Waals surface area contributed by atoms with E-state index in [4.69, 9.17) is 5.11 Å². The maximum atomic E-state index is 10.7. The number of carboxylic acids is 1. The lowest BCUT2D eigenvalue weighted by molar-refractivity contribution is 0.0697. The molecule has 0 radical (unpaired) electrons. The fraction of sp³-hybridized carbons (Fsp3) is 0.167. The van der Waals surface area contributed by atoms with Crippen LogP contribution in [-0.2, 0) is 13.6 Å². The first-order chi connectivity index (χ1) is 8.15. The van der Waals surface area contributed by atoms with Gasteiger partial charge in [-0.2, -0.15) is 5.10 Å². The topological polar surface area (TPSA) is 67.2 Å². The Labute approximate surface area is 98.7 Å². The molecule has 0 amide bonds. The van der Waals surface area contributed by atoms with Crippen molar-refractivity contribution in [1.82, 2.24) is 9.78 Å². The maximum absolute atomic E-state index is 10.7. The highest BCUT2D eigenvalue weighted by Crippen LogP contribution is 2.09. The predicted octanol–water partition coefficient (Wildman–Crippen LogP) is 1.73. The molecule has 1 aromatic carbocycles. The molecule has 1 heterocycles. The Morgan fingerprint density at radius 2 is 2.12 bits per heavy atom. The van der Waals surface area contributed by atoms with Gasteiger partial charge in [0.1, 0.15) is 0 Å². The molecule has 2 aromatic rings. The molecule has 2 rings (SSSR count). The highest BCUT2D eigenvalue weighted by atomic mass is 16.4. The highest BCUT2D eigenvalue weighted by Gasteiger charge is 2.01. The summed E-state index contributed by atoms with van der Waals surface area (Å²) in [6, 6.07) is 6.80. The Bertz CT molecular complexity index is 517. The first-order valence-corrected chi connectivity index (χ1v) is 5.20. The van der Waals surface area contributed by atoms with Gasteiger partial charge in [-0.15, -0.1) is 0 Å². The second-order valence-electron chi connectivity index (χ2n) is 3.76. The Hall–Kier alpha value is -2.30. The van der Waals surface area contributed by atoms with Crippen LogP contribution in [0.15, 0.2) is 36.7 Å². The van der Waals surface area contributed by atoms with Crippen molar-refractivity contribution in [3.8, 4) is 0 Å². The van der Waals surface area contributed by atoms with Gasteiger partial charge in [0.2, 0.25) is 0 Å². The fourth-order valence-corrected chi connectivity index (χ4v) is 1.48. The summed E-state index contributed by atoms with van der Waals surface area (Å²) in [4.78, 5) is 10.7. The van der Waals surface area contributed by atoms with Crippen molar-refractivity contribution in [3.05, 3.63) is 47.8 Å². The minimum atomic E-state index is -0.906. The molecule has 0 fully saturated rings. The van der Waals surface area contributed by atoms with Gasteiger partial charge in [-0.25, -0.2) is 4.79 Å². The largest absolute Gasteiger partial charge is 0.478 e.